The molecule has 1 aromatic carbocycles. The van der Waals surface area contributed by atoms with E-state index in [2.05, 4.69) is 31.7 Å². The molecule has 14 heavy (non-hydrogen) atoms. The lowest BCUT2D eigenvalue weighted by atomic mass is 9.99. The van der Waals surface area contributed by atoms with Crippen LogP contribution in [-0.2, 0) is 0 Å². The monoisotopic (exact) mass is 210 g/mol. The smallest absolute Gasteiger partial charge is 0.119 e. The molecular formula is C12H18OS. The van der Waals surface area contributed by atoms with Gasteiger partial charge >= 0.3 is 0 Å². The molecule has 0 fully saturated rings. The predicted molar refractivity (Wildman–Crippen MR) is 64.5 cm³/mol. The van der Waals surface area contributed by atoms with E-state index in [4.69, 9.17) is 4.74 Å². The van der Waals surface area contributed by atoms with Gasteiger partial charge in [0.25, 0.3) is 0 Å². The molecule has 1 aromatic rings. The fourth-order valence-electron chi connectivity index (χ4n) is 1.42. The van der Waals surface area contributed by atoms with Gasteiger partial charge in [-0.25, -0.2) is 0 Å². The van der Waals surface area contributed by atoms with Crippen molar-refractivity contribution in [1.29, 1.82) is 0 Å². The van der Waals surface area contributed by atoms with E-state index in [1.54, 1.807) is 0 Å². The fourth-order valence-corrected chi connectivity index (χ4v) is 1.81. The number of hydrogen-bond donors (Lipinski definition) is 1. The lowest BCUT2D eigenvalue weighted by Gasteiger charge is -2.10. The molecule has 1 atom stereocenters. The Kier molecular flexibility index (Phi) is 4.88. The van der Waals surface area contributed by atoms with Crippen molar-refractivity contribution in [2.45, 2.75) is 26.2 Å². The maximum atomic E-state index is 5.39. The van der Waals surface area contributed by atoms with Gasteiger partial charge in [-0.2, -0.15) is 12.6 Å². The number of rotatable bonds is 5. The average molecular weight is 210 g/mol. The Bertz CT molecular complexity index is 256. The molecule has 0 heterocycles. The highest BCUT2D eigenvalue weighted by Crippen LogP contribution is 2.22. The van der Waals surface area contributed by atoms with Gasteiger partial charge in [0.2, 0.25) is 0 Å². The normalized spacial score (nSPS) is 12.5. The SMILES string of the molecule is CCOc1ccc(C(C)CCS)cc1. The quantitative estimate of drug-likeness (QED) is 0.732. The van der Waals surface area contributed by atoms with E-state index in [0.717, 1.165) is 24.5 Å². The molecule has 0 bridgehead atoms. The molecule has 0 amide bonds. The van der Waals surface area contributed by atoms with Gasteiger partial charge in [0.15, 0.2) is 0 Å². The lowest BCUT2D eigenvalue weighted by Crippen LogP contribution is -1.95. The molecule has 0 spiro atoms. The second kappa shape index (κ2) is 5.97. The minimum atomic E-state index is 0.586. The highest BCUT2D eigenvalue weighted by molar-refractivity contribution is 7.80. The van der Waals surface area contributed by atoms with Gasteiger partial charge in [0.05, 0.1) is 6.61 Å². The highest BCUT2D eigenvalue weighted by Gasteiger charge is 2.03. The Labute approximate surface area is 91.9 Å². The first-order chi connectivity index (χ1) is 6.77. The topological polar surface area (TPSA) is 9.23 Å². The predicted octanol–water partition coefficient (Wildman–Crippen LogP) is 3.51. The average Bonchev–Trinajstić information content (AvgIpc) is 2.20. The lowest BCUT2D eigenvalue weighted by molar-refractivity contribution is 0.340. The summed E-state index contributed by atoms with van der Waals surface area (Å²) in [5.41, 5.74) is 1.36. The number of benzene rings is 1. The van der Waals surface area contributed by atoms with Crippen LogP contribution in [0.15, 0.2) is 24.3 Å². The third-order valence-corrected chi connectivity index (χ3v) is 2.58. The molecule has 0 saturated heterocycles. The fraction of sp³-hybridized carbons (Fsp3) is 0.500. The Morgan fingerprint density at radius 1 is 1.29 bits per heavy atom. The van der Waals surface area contributed by atoms with E-state index in [9.17, 15) is 0 Å². The summed E-state index contributed by atoms with van der Waals surface area (Å²) in [5.74, 6) is 2.48. The summed E-state index contributed by atoms with van der Waals surface area (Å²) in [5, 5.41) is 0. The van der Waals surface area contributed by atoms with Gasteiger partial charge < -0.3 is 4.74 Å². The van der Waals surface area contributed by atoms with Crippen LogP contribution < -0.4 is 4.74 Å². The molecule has 0 N–H and O–H groups in total. The van der Waals surface area contributed by atoms with Crippen molar-refractivity contribution in [1.82, 2.24) is 0 Å². The standard InChI is InChI=1S/C12H18OS/c1-3-13-12-6-4-11(5-7-12)10(2)8-9-14/h4-7,10,14H,3,8-9H2,1-2H3. The maximum Gasteiger partial charge on any atom is 0.119 e. The van der Waals surface area contributed by atoms with Gasteiger partial charge in [0, 0.05) is 0 Å². The van der Waals surface area contributed by atoms with Crippen molar-refractivity contribution in [3.05, 3.63) is 29.8 Å². The first-order valence-corrected chi connectivity index (χ1v) is 5.74. The summed E-state index contributed by atoms with van der Waals surface area (Å²) >= 11 is 4.24. The van der Waals surface area contributed by atoms with Crippen LogP contribution in [0.1, 0.15) is 31.7 Å². The Balaban J connectivity index is 2.62. The van der Waals surface area contributed by atoms with Crippen molar-refractivity contribution in [2.24, 2.45) is 0 Å². The van der Waals surface area contributed by atoms with Crippen molar-refractivity contribution in [2.75, 3.05) is 12.4 Å². The molecular weight excluding hydrogens is 192 g/mol. The first kappa shape index (κ1) is 11.4. The molecule has 0 aromatic heterocycles. The third-order valence-electron chi connectivity index (χ3n) is 2.32. The van der Waals surface area contributed by atoms with Crippen molar-refractivity contribution < 1.29 is 4.74 Å². The Hall–Kier alpha value is -0.630. The second-order valence-electron chi connectivity index (χ2n) is 3.42. The zero-order valence-corrected chi connectivity index (χ0v) is 9.76. The summed E-state index contributed by atoms with van der Waals surface area (Å²) in [6.07, 6.45) is 1.12. The van der Waals surface area contributed by atoms with E-state index >= 15 is 0 Å². The molecule has 2 heteroatoms. The van der Waals surface area contributed by atoms with Crippen LogP contribution >= 0.6 is 12.6 Å². The van der Waals surface area contributed by atoms with Crippen LogP contribution in [0.2, 0.25) is 0 Å². The largest absolute Gasteiger partial charge is 0.494 e. The molecule has 0 aliphatic rings. The van der Waals surface area contributed by atoms with Crippen molar-refractivity contribution in [3.63, 3.8) is 0 Å². The molecule has 0 aliphatic carbocycles. The van der Waals surface area contributed by atoms with E-state index in [1.165, 1.54) is 5.56 Å². The van der Waals surface area contributed by atoms with Gasteiger partial charge in [-0.3, -0.25) is 0 Å². The molecule has 78 valence electrons. The molecule has 1 nitrogen and oxygen atoms in total. The second-order valence-corrected chi connectivity index (χ2v) is 3.86. The van der Waals surface area contributed by atoms with Gasteiger partial charge in [-0.15, -0.1) is 0 Å². The summed E-state index contributed by atoms with van der Waals surface area (Å²) in [6.45, 7) is 4.95. The van der Waals surface area contributed by atoms with Crippen LogP contribution in [0.5, 0.6) is 5.75 Å². The van der Waals surface area contributed by atoms with Crippen LogP contribution in [0.4, 0.5) is 0 Å². The van der Waals surface area contributed by atoms with E-state index in [0.29, 0.717) is 5.92 Å². The van der Waals surface area contributed by atoms with Crippen LogP contribution in [-0.4, -0.2) is 12.4 Å². The van der Waals surface area contributed by atoms with Crippen LogP contribution in [0, 0.1) is 0 Å². The third kappa shape index (κ3) is 3.26. The zero-order chi connectivity index (χ0) is 10.4. The van der Waals surface area contributed by atoms with Gasteiger partial charge in [0.1, 0.15) is 5.75 Å². The van der Waals surface area contributed by atoms with E-state index in [1.807, 2.05) is 19.1 Å². The minimum absolute atomic E-state index is 0.586. The first-order valence-electron chi connectivity index (χ1n) is 5.11. The number of hydrogen-bond acceptors (Lipinski definition) is 2. The maximum absolute atomic E-state index is 5.39. The molecule has 0 saturated carbocycles. The molecule has 0 radical (unpaired) electrons. The zero-order valence-electron chi connectivity index (χ0n) is 8.86. The Morgan fingerprint density at radius 3 is 2.43 bits per heavy atom. The Morgan fingerprint density at radius 2 is 1.93 bits per heavy atom. The number of thiol groups is 1. The van der Waals surface area contributed by atoms with Crippen LogP contribution in [0.25, 0.3) is 0 Å². The minimum Gasteiger partial charge on any atom is -0.494 e. The van der Waals surface area contributed by atoms with Crippen molar-refractivity contribution in [3.8, 4) is 5.75 Å². The van der Waals surface area contributed by atoms with Gasteiger partial charge in [-0.1, -0.05) is 19.1 Å². The number of ether oxygens (including phenoxy) is 1. The van der Waals surface area contributed by atoms with Crippen molar-refractivity contribution >= 4 is 12.6 Å². The van der Waals surface area contributed by atoms with Gasteiger partial charge in [-0.05, 0) is 42.7 Å². The molecule has 0 aliphatic heterocycles. The molecule has 1 rings (SSSR count). The molecule has 1 unspecified atom stereocenters. The summed E-state index contributed by atoms with van der Waals surface area (Å²) in [4.78, 5) is 0. The summed E-state index contributed by atoms with van der Waals surface area (Å²) < 4.78 is 5.39. The van der Waals surface area contributed by atoms with E-state index < -0.39 is 0 Å². The van der Waals surface area contributed by atoms with Crippen LogP contribution in [0.3, 0.4) is 0 Å². The summed E-state index contributed by atoms with van der Waals surface area (Å²) in [6, 6.07) is 8.35. The highest BCUT2D eigenvalue weighted by atomic mass is 32.1. The van der Waals surface area contributed by atoms with E-state index in [-0.39, 0.29) is 0 Å². The summed E-state index contributed by atoms with van der Waals surface area (Å²) in [7, 11) is 0.